The first-order chi connectivity index (χ1) is 2.43. The normalized spacial score (nSPS) is 14.8. The van der Waals surface area contributed by atoms with Gasteiger partial charge in [0.1, 0.15) is 0 Å². The maximum absolute atomic E-state index is 7.92. The van der Waals surface area contributed by atoms with Crippen LogP contribution in [-0.2, 0) is 19.5 Å². The Morgan fingerprint density at radius 1 is 1.50 bits per heavy atom. The molecule has 0 amide bonds. The Hall–Kier alpha value is -0.0166. The molecule has 0 aromatic carbocycles. The zero-order valence-electron chi connectivity index (χ0n) is 3.57. The van der Waals surface area contributed by atoms with Crippen LogP contribution in [0.4, 0.5) is 0 Å². The fourth-order valence-electron chi connectivity index (χ4n) is 0.174. The van der Waals surface area contributed by atoms with Crippen molar-refractivity contribution in [3.05, 3.63) is 5.92 Å². The molecule has 1 aliphatic carbocycles. The molecule has 0 N–H and O–H groups in total. The SMILES string of the molecule is N#C[C-]1CC1.[Zn]. The van der Waals surface area contributed by atoms with Crippen molar-refractivity contribution in [3.63, 3.8) is 0 Å². The molecule has 0 heterocycles. The van der Waals surface area contributed by atoms with E-state index in [-0.39, 0.29) is 19.5 Å². The molecule has 2 heteroatoms. The number of hydrogen-bond donors (Lipinski definition) is 0. The topological polar surface area (TPSA) is 23.8 Å². The van der Waals surface area contributed by atoms with E-state index < -0.39 is 0 Å². The molecule has 1 rings (SSSR count). The number of rotatable bonds is 0. The van der Waals surface area contributed by atoms with Crippen LogP contribution >= 0.6 is 0 Å². The first-order valence-corrected chi connectivity index (χ1v) is 1.68. The molecule has 0 aliphatic heterocycles. The second kappa shape index (κ2) is 2.21. The zero-order valence-corrected chi connectivity index (χ0v) is 6.54. The molecule has 0 aromatic heterocycles. The molecule has 0 saturated heterocycles. The summed E-state index contributed by atoms with van der Waals surface area (Å²) in [5.41, 5.74) is 0. The van der Waals surface area contributed by atoms with E-state index in [2.05, 4.69) is 6.07 Å². The van der Waals surface area contributed by atoms with Crippen LogP contribution in [0.5, 0.6) is 0 Å². The van der Waals surface area contributed by atoms with Crippen molar-refractivity contribution in [1.82, 2.24) is 0 Å². The van der Waals surface area contributed by atoms with Gasteiger partial charge in [0, 0.05) is 19.5 Å². The van der Waals surface area contributed by atoms with E-state index in [0.717, 1.165) is 18.8 Å². The minimum atomic E-state index is 0. The van der Waals surface area contributed by atoms with Gasteiger partial charge in [0.15, 0.2) is 0 Å². The summed E-state index contributed by atoms with van der Waals surface area (Å²) in [5, 5.41) is 7.92. The zero-order chi connectivity index (χ0) is 3.70. The van der Waals surface area contributed by atoms with Gasteiger partial charge in [0.2, 0.25) is 0 Å². The fourth-order valence-corrected chi connectivity index (χ4v) is 0.174. The smallest absolute Gasteiger partial charge is 0 e. The van der Waals surface area contributed by atoms with Gasteiger partial charge in [0.05, 0.1) is 0 Å². The Morgan fingerprint density at radius 2 is 2.00 bits per heavy atom. The second-order valence-corrected chi connectivity index (χ2v) is 1.22. The van der Waals surface area contributed by atoms with Gasteiger partial charge in [-0.3, -0.25) is 5.92 Å². The van der Waals surface area contributed by atoms with E-state index >= 15 is 0 Å². The third kappa shape index (κ3) is 1.43. The molecule has 28 valence electrons. The molecule has 1 fully saturated rings. The van der Waals surface area contributed by atoms with Crippen LogP contribution in [0.25, 0.3) is 0 Å². The summed E-state index contributed by atoms with van der Waals surface area (Å²) in [7, 11) is 0. The predicted octanol–water partition coefficient (Wildman–Crippen LogP) is 0.876. The average molecular weight is 131 g/mol. The van der Waals surface area contributed by atoms with E-state index in [9.17, 15) is 0 Å². The maximum atomic E-state index is 7.92. The molecular weight excluding hydrogens is 127 g/mol. The van der Waals surface area contributed by atoms with Gasteiger partial charge in [-0.25, -0.2) is 5.26 Å². The number of hydrogen-bond acceptors (Lipinski definition) is 1. The molecule has 0 bridgehead atoms. The molecule has 1 nitrogen and oxygen atoms in total. The summed E-state index contributed by atoms with van der Waals surface area (Å²) in [5.74, 6) is 1.06. The summed E-state index contributed by atoms with van der Waals surface area (Å²) in [6.45, 7) is 0. The van der Waals surface area contributed by atoms with Gasteiger partial charge >= 0.3 is 0 Å². The molecular formula is C4H4NZn-. The second-order valence-electron chi connectivity index (χ2n) is 1.22. The Balaban J connectivity index is 0.000000250. The van der Waals surface area contributed by atoms with Crippen molar-refractivity contribution in [3.8, 4) is 6.07 Å². The molecule has 0 atom stereocenters. The van der Waals surface area contributed by atoms with E-state index in [0.29, 0.717) is 0 Å². The van der Waals surface area contributed by atoms with E-state index in [1.807, 2.05) is 0 Å². The fraction of sp³-hybridized carbons (Fsp3) is 0.500. The van der Waals surface area contributed by atoms with Crippen LogP contribution in [0.2, 0.25) is 0 Å². The number of nitriles is 1. The summed E-state index contributed by atoms with van der Waals surface area (Å²) in [6, 6.07) is 2.06. The van der Waals surface area contributed by atoms with Gasteiger partial charge in [-0.05, 0) is 0 Å². The molecule has 1 saturated carbocycles. The average Bonchev–Trinajstić information content (AvgIpc) is 2.12. The van der Waals surface area contributed by atoms with Crippen molar-refractivity contribution >= 4 is 0 Å². The Bertz CT molecular complexity index is 70.1. The predicted molar refractivity (Wildman–Crippen MR) is 18.1 cm³/mol. The van der Waals surface area contributed by atoms with E-state index in [1.54, 1.807) is 0 Å². The molecule has 1 aliphatic rings. The van der Waals surface area contributed by atoms with Crippen LogP contribution < -0.4 is 0 Å². The van der Waals surface area contributed by atoms with Crippen molar-refractivity contribution in [1.29, 1.82) is 5.26 Å². The van der Waals surface area contributed by atoms with Crippen molar-refractivity contribution in [2.24, 2.45) is 0 Å². The standard InChI is InChI=1S/C4H4N.Zn/c5-3-4-1-2-4;/h1-2H2;/q-1;. The van der Waals surface area contributed by atoms with Gasteiger partial charge in [0.25, 0.3) is 0 Å². The van der Waals surface area contributed by atoms with Crippen LogP contribution in [0.1, 0.15) is 12.8 Å². The monoisotopic (exact) mass is 130 g/mol. The van der Waals surface area contributed by atoms with Crippen LogP contribution in [0, 0.1) is 17.2 Å². The molecule has 0 spiro atoms. The van der Waals surface area contributed by atoms with E-state index in [1.165, 1.54) is 0 Å². The summed E-state index contributed by atoms with van der Waals surface area (Å²) < 4.78 is 0. The van der Waals surface area contributed by atoms with Crippen LogP contribution in [0.3, 0.4) is 0 Å². The third-order valence-corrected chi connectivity index (χ3v) is 0.658. The maximum Gasteiger partial charge on any atom is 0 e. The first kappa shape index (κ1) is 5.98. The number of nitrogens with zero attached hydrogens (tertiary/aromatic N) is 1. The third-order valence-electron chi connectivity index (χ3n) is 0.658. The molecule has 6 heavy (non-hydrogen) atoms. The molecule has 0 aromatic rings. The Morgan fingerprint density at radius 3 is 2.00 bits per heavy atom. The largest absolute Gasteiger partial charge is 0.281 e. The van der Waals surface area contributed by atoms with Crippen molar-refractivity contribution in [2.45, 2.75) is 12.8 Å². The quantitative estimate of drug-likeness (QED) is 0.354. The molecule has 0 radical (unpaired) electrons. The Kier molecular flexibility index (Phi) is 2.20. The summed E-state index contributed by atoms with van der Waals surface area (Å²) >= 11 is 0. The summed E-state index contributed by atoms with van der Waals surface area (Å²) in [6.07, 6.45) is 2.13. The van der Waals surface area contributed by atoms with E-state index in [4.69, 9.17) is 5.26 Å². The van der Waals surface area contributed by atoms with Gasteiger partial charge in [-0.1, -0.05) is 0 Å². The van der Waals surface area contributed by atoms with Crippen molar-refractivity contribution in [2.75, 3.05) is 0 Å². The Labute approximate surface area is 50.1 Å². The molecule has 0 unspecified atom stereocenters. The minimum absolute atomic E-state index is 0. The van der Waals surface area contributed by atoms with Gasteiger partial charge < -0.3 is 0 Å². The first-order valence-electron chi connectivity index (χ1n) is 1.68. The van der Waals surface area contributed by atoms with Gasteiger partial charge in [-0.2, -0.15) is 12.8 Å². The minimum Gasteiger partial charge on any atom is -0.281 e. The van der Waals surface area contributed by atoms with Crippen LogP contribution in [0.15, 0.2) is 0 Å². The summed E-state index contributed by atoms with van der Waals surface area (Å²) in [4.78, 5) is 0. The van der Waals surface area contributed by atoms with Crippen molar-refractivity contribution < 1.29 is 19.5 Å². The van der Waals surface area contributed by atoms with Gasteiger partial charge in [-0.15, -0.1) is 6.07 Å². The van der Waals surface area contributed by atoms with Crippen LogP contribution in [-0.4, -0.2) is 0 Å².